The zero-order chi connectivity index (χ0) is 19.7. The van der Waals surface area contributed by atoms with Crippen LogP contribution in [0.5, 0.6) is 0 Å². The summed E-state index contributed by atoms with van der Waals surface area (Å²) in [6, 6.07) is 18.7. The van der Waals surface area contributed by atoms with Crippen LogP contribution in [-0.2, 0) is 9.53 Å². The van der Waals surface area contributed by atoms with E-state index in [1.165, 1.54) is 24.1 Å². The molecule has 0 fully saturated rings. The van der Waals surface area contributed by atoms with Gasteiger partial charge < -0.3 is 9.15 Å². The van der Waals surface area contributed by atoms with Crippen LogP contribution in [0.25, 0.3) is 11.3 Å². The number of hydrogen-bond donors (Lipinski definition) is 0. The lowest BCUT2D eigenvalue weighted by Crippen LogP contribution is -2.24. The van der Waals surface area contributed by atoms with Crippen LogP contribution in [-0.4, -0.2) is 21.7 Å². The number of rotatable bonds is 4. The second-order valence-electron chi connectivity index (χ2n) is 6.11. The molecule has 1 aromatic heterocycles. The number of non-ortho nitro benzene ring substituents is 1. The van der Waals surface area contributed by atoms with Gasteiger partial charge >= 0.3 is 0 Å². The summed E-state index contributed by atoms with van der Waals surface area (Å²) in [6.45, 7) is 1.40. The van der Waals surface area contributed by atoms with E-state index in [-0.39, 0.29) is 11.6 Å². The van der Waals surface area contributed by atoms with Crippen LogP contribution in [0.1, 0.15) is 24.5 Å². The van der Waals surface area contributed by atoms with Crippen molar-refractivity contribution in [3.05, 3.63) is 88.2 Å². The molecule has 8 nitrogen and oxygen atoms in total. The van der Waals surface area contributed by atoms with Gasteiger partial charge in [-0.15, -0.1) is 5.10 Å². The van der Waals surface area contributed by atoms with E-state index in [1.807, 2.05) is 30.3 Å². The van der Waals surface area contributed by atoms with Crippen LogP contribution in [0, 0.1) is 10.1 Å². The van der Waals surface area contributed by atoms with Crippen molar-refractivity contribution >= 4 is 17.5 Å². The van der Waals surface area contributed by atoms with Crippen molar-refractivity contribution in [2.45, 2.75) is 13.2 Å². The standard InChI is InChI=1S/C20H15N3O5/c1-13(24)22-20(28-19(21-22)15-5-3-2-4-6-15)18-12-11-17(27-18)14-7-9-16(10-8-14)23(25)26/h2-12,20H,1H3/t20-/m0/s1. The van der Waals surface area contributed by atoms with Gasteiger partial charge in [0.15, 0.2) is 5.76 Å². The van der Waals surface area contributed by atoms with Crippen LogP contribution < -0.4 is 0 Å². The minimum absolute atomic E-state index is 0.00156. The third kappa shape index (κ3) is 3.23. The number of nitro groups is 1. The highest BCUT2D eigenvalue weighted by Crippen LogP contribution is 2.34. The zero-order valence-corrected chi connectivity index (χ0v) is 14.8. The Morgan fingerprint density at radius 1 is 1.04 bits per heavy atom. The Morgan fingerprint density at radius 2 is 1.75 bits per heavy atom. The molecule has 1 aliphatic rings. The normalized spacial score (nSPS) is 15.8. The molecule has 0 saturated heterocycles. The number of nitro benzene ring substituents is 1. The molecule has 140 valence electrons. The molecule has 0 radical (unpaired) electrons. The quantitative estimate of drug-likeness (QED) is 0.504. The molecule has 3 aromatic rings. The summed E-state index contributed by atoms with van der Waals surface area (Å²) in [5.74, 6) is 0.946. The molecule has 0 unspecified atom stereocenters. The Labute approximate surface area is 159 Å². The van der Waals surface area contributed by atoms with Crippen molar-refractivity contribution in [1.29, 1.82) is 0 Å². The van der Waals surface area contributed by atoms with Crippen molar-refractivity contribution < 1.29 is 18.9 Å². The van der Waals surface area contributed by atoms with Gasteiger partial charge in [-0.2, -0.15) is 5.01 Å². The molecule has 8 heteroatoms. The number of hydrogen-bond acceptors (Lipinski definition) is 6. The van der Waals surface area contributed by atoms with Crippen LogP contribution in [0.15, 0.2) is 76.2 Å². The van der Waals surface area contributed by atoms with Gasteiger partial charge in [-0.3, -0.25) is 14.9 Å². The second kappa shape index (κ2) is 6.99. The maximum absolute atomic E-state index is 12.0. The Hall–Kier alpha value is -3.94. The second-order valence-corrected chi connectivity index (χ2v) is 6.11. The molecule has 0 N–H and O–H groups in total. The van der Waals surface area contributed by atoms with Gasteiger partial charge in [0.2, 0.25) is 11.8 Å². The summed E-state index contributed by atoms with van der Waals surface area (Å²) in [4.78, 5) is 22.3. The predicted molar refractivity (Wildman–Crippen MR) is 100 cm³/mol. The SMILES string of the molecule is CC(=O)N1N=C(c2ccccc2)O[C@H]1c1ccc(-c2ccc([N+](=O)[O-])cc2)o1. The van der Waals surface area contributed by atoms with E-state index in [0.717, 1.165) is 5.56 Å². The smallest absolute Gasteiger partial charge is 0.269 e. The monoisotopic (exact) mass is 377 g/mol. The van der Waals surface area contributed by atoms with Gasteiger partial charge in [0.05, 0.1) is 4.92 Å². The fourth-order valence-electron chi connectivity index (χ4n) is 2.84. The lowest BCUT2D eigenvalue weighted by Gasteiger charge is -2.16. The zero-order valence-electron chi connectivity index (χ0n) is 14.8. The van der Waals surface area contributed by atoms with Gasteiger partial charge in [-0.25, -0.2) is 0 Å². The van der Waals surface area contributed by atoms with E-state index >= 15 is 0 Å². The molecule has 28 heavy (non-hydrogen) atoms. The van der Waals surface area contributed by atoms with Gasteiger partial charge in [-0.1, -0.05) is 18.2 Å². The first-order valence-electron chi connectivity index (χ1n) is 8.48. The first-order valence-corrected chi connectivity index (χ1v) is 8.48. The molecule has 4 rings (SSSR count). The van der Waals surface area contributed by atoms with E-state index in [1.54, 1.807) is 24.3 Å². The van der Waals surface area contributed by atoms with Crippen LogP contribution in [0.2, 0.25) is 0 Å². The van der Waals surface area contributed by atoms with Crippen LogP contribution in [0.4, 0.5) is 5.69 Å². The van der Waals surface area contributed by atoms with Crippen molar-refractivity contribution in [3.8, 4) is 11.3 Å². The number of carbonyl (C=O) groups excluding carboxylic acids is 1. The highest BCUT2D eigenvalue weighted by molar-refractivity contribution is 5.96. The summed E-state index contributed by atoms with van der Waals surface area (Å²) in [5, 5.41) is 16.3. The molecule has 1 atom stereocenters. The van der Waals surface area contributed by atoms with Gasteiger partial charge in [0, 0.05) is 30.2 Å². The van der Waals surface area contributed by atoms with E-state index in [9.17, 15) is 14.9 Å². The molecule has 0 bridgehead atoms. The summed E-state index contributed by atoms with van der Waals surface area (Å²) >= 11 is 0. The number of furan rings is 1. The number of carbonyl (C=O) groups is 1. The predicted octanol–water partition coefficient (Wildman–Crippen LogP) is 4.09. The molecule has 2 heterocycles. The first kappa shape index (κ1) is 17.5. The summed E-state index contributed by atoms with van der Waals surface area (Å²) in [7, 11) is 0. The molecule has 1 aliphatic heterocycles. The Kier molecular flexibility index (Phi) is 4.36. The molecule has 0 spiro atoms. The van der Waals surface area contributed by atoms with Crippen molar-refractivity contribution in [2.24, 2.45) is 5.10 Å². The van der Waals surface area contributed by atoms with Crippen molar-refractivity contribution in [1.82, 2.24) is 5.01 Å². The Bertz CT molecular complexity index is 1060. The van der Waals surface area contributed by atoms with Gasteiger partial charge in [0.25, 0.3) is 11.9 Å². The number of benzene rings is 2. The minimum atomic E-state index is -0.820. The third-order valence-electron chi connectivity index (χ3n) is 4.22. The Balaban J connectivity index is 1.61. The average molecular weight is 377 g/mol. The van der Waals surface area contributed by atoms with Gasteiger partial charge in [0.1, 0.15) is 5.76 Å². The van der Waals surface area contributed by atoms with E-state index < -0.39 is 11.2 Å². The van der Waals surface area contributed by atoms with Crippen molar-refractivity contribution in [3.63, 3.8) is 0 Å². The largest absolute Gasteiger partial charge is 0.455 e. The summed E-state index contributed by atoms with van der Waals surface area (Å²) in [6.07, 6.45) is -0.820. The maximum atomic E-state index is 12.0. The van der Waals surface area contributed by atoms with E-state index in [4.69, 9.17) is 9.15 Å². The minimum Gasteiger partial charge on any atom is -0.455 e. The Morgan fingerprint density at radius 3 is 2.39 bits per heavy atom. The lowest BCUT2D eigenvalue weighted by molar-refractivity contribution is -0.384. The number of nitrogens with zero attached hydrogens (tertiary/aromatic N) is 3. The van der Waals surface area contributed by atoms with Crippen molar-refractivity contribution in [2.75, 3.05) is 0 Å². The van der Waals surface area contributed by atoms with E-state index in [2.05, 4.69) is 5.10 Å². The fourth-order valence-corrected chi connectivity index (χ4v) is 2.84. The third-order valence-corrected chi connectivity index (χ3v) is 4.22. The van der Waals surface area contributed by atoms with E-state index in [0.29, 0.717) is 23.0 Å². The molecule has 2 aromatic carbocycles. The molecule has 1 amide bonds. The summed E-state index contributed by atoms with van der Waals surface area (Å²) in [5.41, 5.74) is 1.42. The molecular formula is C20H15N3O5. The van der Waals surface area contributed by atoms with Crippen LogP contribution >= 0.6 is 0 Å². The summed E-state index contributed by atoms with van der Waals surface area (Å²) < 4.78 is 11.7. The number of hydrazone groups is 1. The molecule has 0 aliphatic carbocycles. The first-order chi connectivity index (χ1) is 13.5. The fraction of sp³-hybridized carbons (Fsp3) is 0.100. The van der Waals surface area contributed by atoms with Gasteiger partial charge in [-0.05, 0) is 36.4 Å². The lowest BCUT2D eigenvalue weighted by atomic mass is 10.1. The molecule has 0 saturated carbocycles. The number of amides is 1. The number of ether oxygens (including phenoxy) is 1. The average Bonchev–Trinajstić information content (AvgIpc) is 3.36. The maximum Gasteiger partial charge on any atom is 0.269 e. The highest BCUT2D eigenvalue weighted by Gasteiger charge is 2.35. The highest BCUT2D eigenvalue weighted by atomic mass is 16.6. The topological polar surface area (TPSA) is 98.2 Å². The molecular weight excluding hydrogens is 362 g/mol. The van der Waals surface area contributed by atoms with Crippen LogP contribution in [0.3, 0.4) is 0 Å².